The first-order valence-corrected chi connectivity index (χ1v) is 10.7. The molecule has 7 nitrogen and oxygen atoms in total. The normalized spacial score (nSPS) is 28.2. The van der Waals surface area contributed by atoms with Gasteiger partial charge in [0.2, 0.25) is 0 Å². The molecule has 4 rings (SSSR count). The molecule has 8 heteroatoms. The number of carbonyl (C=O) groups excluding carboxylic acids is 1. The average Bonchev–Trinajstić information content (AvgIpc) is 3.08. The quantitative estimate of drug-likeness (QED) is 0.795. The van der Waals surface area contributed by atoms with Gasteiger partial charge in [-0.3, -0.25) is 4.79 Å². The fraction of sp³-hybridized carbons (Fsp3) is 0.765. The standard InChI is InChI=1S/C17H25N3O4S/c1-13-9-15(18-24-13)16(21)20-11-17(12-20)14(5-8-25(17,22)23)10-19-6-3-2-4-7-19/h9,14H,2-8,10-12H2,1H3. The Morgan fingerprint density at radius 1 is 1.32 bits per heavy atom. The summed E-state index contributed by atoms with van der Waals surface area (Å²) in [5.74, 6) is 0.714. The summed E-state index contributed by atoms with van der Waals surface area (Å²) in [6.45, 7) is 5.28. The maximum Gasteiger partial charge on any atom is 0.276 e. The highest BCUT2D eigenvalue weighted by Gasteiger charge is 2.62. The third kappa shape index (κ3) is 2.79. The van der Waals surface area contributed by atoms with Crippen molar-refractivity contribution in [3.05, 3.63) is 17.5 Å². The molecule has 1 atom stereocenters. The molecule has 1 amide bonds. The van der Waals surface area contributed by atoms with E-state index in [1.54, 1.807) is 17.9 Å². The van der Waals surface area contributed by atoms with Crippen molar-refractivity contribution in [2.75, 3.05) is 38.5 Å². The molecule has 4 heterocycles. The third-order valence-electron chi connectivity index (χ3n) is 6.08. The minimum absolute atomic E-state index is 0.124. The molecule has 0 bridgehead atoms. The van der Waals surface area contributed by atoms with Gasteiger partial charge in [-0.2, -0.15) is 0 Å². The van der Waals surface area contributed by atoms with Crippen LogP contribution in [0.25, 0.3) is 0 Å². The average molecular weight is 367 g/mol. The molecule has 1 aromatic rings. The topological polar surface area (TPSA) is 83.7 Å². The lowest BCUT2D eigenvalue weighted by atomic mass is 9.82. The lowest BCUT2D eigenvalue weighted by Crippen LogP contribution is -2.69. The van der Waals surface area contributed by atoms with Gasteiger partial charge in [0.05, 0.1) is 5.75 Å². The number of aryl methyl sites for hydroxylation is 1. The maximum atomic E-state index is 12.7. The van der Waals surface area contributed by atoms with Gasteiger partial charge < -0.3 is 14.3 Å². The summed E-state index contributed by atoms with van der Waals surface area (Å²) in [7, 11) is -3.16. The first-order valence-electron chi connectivity index (χ1n) is 9.08. The van der Waals surface area contributed by atoms with Crippen LogP contribution >= 0.6 is 0 Å². The van der Waals surface area contributed by atoms with Crippen molar-refractivity contribution in [1.82, 2.24) is 15.0 Å². The Hall–Kier alpha value is -1.41. The van der Waals surface area contributed by atoms with Gasteiger partial charge >= 0.3 is 0 Å². The van der Waals surface area contributed by atoms with Crippen LogP contribution in [0.1, 0.15) is 41.9 Å². The van der Waals surface area contributed by atoms with Crippen LogP contribution in [-0.2, 0) is 9.84 Å². The SMILES string of the molecule is Cc1cc(C(=O)N2CC3(C2)C(CN2CCCCC2)CCS3(=O)=O)no1. The van der Waals surface area contributed by atoms with E-state index in [9.17, 15) is 13.2 Å². The van der Waals surface area contributed by atoms with Crippen molar-refractivity contribution in [3.8, 4) is 0 Å². The van der Waals surface area contributed by atoms with E-state index in [1.807, 2.05) is 0 Å². The number of hydrogen-bond acceptors (Lipinski definition) is 6. The van der Waals surface area contributed by atoms with Gasteiger partial charge in [-0.1, -0.05) is 11.6 Å². The lowest BCUT2D eigenvalue weighted by Gasteiger charge is -2.50. The molecule has 0 aromatic carbocycles. The number of amides is 1. The number of nitrogens with zero attached hydrogens (tertiary/aromatic N) is 3. The van der Waals surface area contributed by atoms with Gasteiger partial charge in [0.1, 0.15) is 10.5 Å². The lowest BCUT2D eigenvalue weighted by molar-refractivity contribution is 0.0402. The second-order valence-corrected chi connectivity index (χ2v) is 10.2. The zero-order valence-electron chi connectivity index (χ0n) is 14.6. The highest BCUT2D eigenvalue weighted by atomic mass is 32.2. The molecule has 25 heavy (non-hydrogen) atoms. The summed E-state index contributed by atoms with van der Waals surface area (Å²) in [5.41, 5.74) is 0.260. The highest BCUT2D eigenvalue weighted by molar-refractivity contribution is 7.93. The van der Waals surface area contributed by atoms with Crippen molar-refractivity contribution in [2.45, 2.75) is 37.4 Å². The molecule has 3 aliphatic rings. The smallest absolute Gasteiger partial charge is 0.276 e. The fourth-order valence-corrected chi connectivity index (χ4v) is 6.96. The molecular formula is C17H25N3O4S. The summed E-state index contributed by atoms with van der Waals surface area (Å²) in [6.07, 6.45) is 4.37. The Kier molecular flexibility index (Phi) is 4.15. The van der Waals surface area contributed by atoms with Gasteiger partial charge in [-0.05, 0) is 45.2 Å². The van der Waals surface area contributed by atoms with Crippen molar-refractivity contribution in [1.29, 1.82) is 0 Å². The maximum absolute atomic E-state index is 12.7. The van der Waals surface area contributed by atoms with Crippen LogP contribution in [0.15, 0.2) is 10.6 Å². The van der Waals surface area contributed by atoms with E-state index in [2.05, 4.69) is 10.1 Å². The molecule has 1 aromatic heterocycles. The first kappa shape index (κ1) is 17.0. The summed E-state index contributed by atoms with van der Waals surface area (Å²) >= 11 is 0. The van der Waals surface area contributed by atoms with E-state index in [0.717, 1.165) is 19.6 Å². The van der Waals surface area contributed by atoms with Crippen molar-refractivity contribution in [3.63, 3.8) is 0 Å². The zero-order chi connectivity index (χ0) is 17.7. The molecule has 0 N–H and O–H groups in total. The van der Waals surface area contributed by atoms with E-state index in [-0.39, 0.29) is 23.3 Å². The first-order chi connectivity index (χ1) is 11.9. The number of rotatable bonds is 3. The number of carbonyl (C=O) groups is 1. The van der Waals surface area contributed by atoms with E-state index in [0.29, 0.717) is 25.3 Å². The van der Waals surface area contributed by atoms with Crippen LogP contribution in [-0.4, -0.2) is 72.5 Å². The predicted octanol–water partition coefficient (Wildman–Crippen LogP) is 1.10. The van der Waals surface area contributed by atoms with Gasteiger partial charge in [0.25, 0.3) is 5.91 Å². The number of sulfone groups is 1. The Morgan fingerprint density at radius 2 is 2.04 bits per heavy atom. The summed E-state index contributed by atoms with van der Waals surface area (Å²) < 4.78 is 29.7. The summed E-state index contributed by atoms with van der Waals surface area (Å²) in [5, 5.41) is 3.76. The molecule has 138 valence electrons. The van der Waals surface area contributed by atoms with Gasteiger partial charge in [-0.25, -0.2) is 8.42 Å². The van der Waals surface area contributed by atoms with E-state index >= 15 is 0 Å². The predicted molar refractivity (Wildman–Crippen MR) is 92.1 cm³/mol. The second kappa shape index (κ2) is 6.09. The number of likely N-dealkylation sites (tertiary alicyclic amines) is 2. The van der Waals surface area contributed by atoms with Crippen LogP contribution in [0.5, 0.6) is 0 Å². The molecule has 1 unspecified atom stereocenters. The monoisotopic (exact) mass is 367 g/mol. The molecule has 0 saturated carbocycles. The van der Waals surface area contributed by atoms with E-state index in [1.165, 1.54) is 19.3 Å². The van der Waals surface area contributed by atoms with Crippen LogP contribution in [0.3, 0.4) is 0 Å². The molecule has 0 aliphatic carbocycles. The Labute approximate surface area is 148 Å². The summed E-state index contributed by atoms with van der Waals surface area (Å²) in [6, 6.07) is 1.60. The minimum atomic E-state index is -3.16. The van der Waals surface area contributed by atoms with Crippen LogP contribution < -0.4 is 0 Å². The molecule has 3 aliphatic heterocycles. The molecule has 3 fully saturated rings. The van der Waals surface area contributed by atoms with Crippen LogP contribution in [0, 0.1) is 12.8 Å². The van der Waals surface area contributed by atoms with Crippen molar-refractivity contribution in [2.24, 2.45) is 5.92 Å². The van der Waals surface area contributed by atoms with Gasteiger partial charge in [-0.15, -0.1) is 0 Å². The van der Waals surface area contributed by atoms with Crippen LogP contribution in [0.4, 0.5) is 0 Å². The van der Waals surface area contributed by atoms with Crippen LogP contribution in [0.2, 0.25) is 0 Å². The minimum Gasteiger partial charge on any atom is -0.361 e. The Morgan fingerprint density at radius 3 is 2.68 bits per heavy atom. The molecule has 3 saturated heterocycles. The second-order valence-electron chi connectivity index (χ2n) is 7.71. The molecule has 1 spiro atoms. The Balaban J connectivity index is 1.48. The zero-order valence-corrected chi connectivity index (χ0v) is 15.4. The summed E-state index contributed by atoms with van der Waals surface area (Å²) in [4.78, 5) is 16.5. The highest BCUT2D eigenvalue weighted by Crippen LogP contribution is 2.45. The Bertz CT molecular complexity index is 761. The largest absolute Gasteiger partial charge is 0.361 e. The van der Waals surface area contributed by atoms with E-state index < -0.39 is 14.6 Å². The van der Waals surface area contributed by atoms with Crippen molar-refractivity contribution >= 4 is 15.7 Å². The number of piperidine rings is 1. The molecule has 0 radical (unpaired) electrons. The number of hydrogen-bond donors (Lipinski definition) is 0. The third-order valence-corrected chi connectivity index (χ3v) is 8.68. The molecular weight excluding hydrogens is 342 g/mol. The fourth-order valence-electron chi connectivity index (χ4n) is 4.56. The van der Waals surface area contributed by atoms with Crippen molar-refractivity contribution < 1.29 is 17.7 Å². The van der Waals surface area contributed by atoms with E-state index in [4.69, 9.17) is 4.52 Å². The van der Waals surface area contributed by atoms with Gasteiger partial charge in [0.15, 0.2) is 15.5 Å². The van der Waals surface area contributed by atoms with Gasteiger partial charge in [0, 0.05) is 25.7 Å². The number of aromatic nitrogens is 1.